The van der Waals surface area contributed by atoms with Crippen molar-refractivity contribution >= 4 is 34.7 Å². The van der Waals surface area contributed by atoms with Crippen molar-refractivity contribution in [3.63, 3.8) is 0 Å². The van der Waals surface area contributed by atoms with Gasteiger partial charge in [-0.05, 0) is 19.1 Å². The monoisotopic (exact) mass is 385 g/mol. The number of hydrogen-bond acceptors (Lipinski definition) is 6. The van der Waals surface area contributed by atoms with E-state index in [1.54, 1.807) is 39.7 Å². The van der Waals surface area contributed by atoms with Gasteiger partial charge < -0.3 is 19.5 Å². The summed E-state index contributed by atoms with van der Waals surface area (Å²) in [6.45, 7) is 2.00. The van der Waals surface area contributed by atoms with E-state index in [0.29, 0.717) is 34.2 Å². The van der Waals surface area contributed by atoms with E-state index in [4.69, 9.17) is 14.2 Å². The lowest BCUT2D eigenvalue weighted by molar-refractivity contribution is 0.324. The Morgan fingerprint density at radius 3 is 2.22 bits per heavy atom. The Morgan fingerprint density at radius 2 is 1.67 bits per heavy atom. The van der Waals surface area contributed by atoms with Crippen LogP contribution in [0.2, 0.25) is 0 Å². The van der Waals surface area contributed by atoms with Gasteiger partial charge in [0.25, 0.3) is 0 Å². The highest BCUT2D eigenvalue weighted by molar-refractivity contribution is 5.96. The van der Waals surface area contributed by atoms with E-state index < -0.39 is 0 Å². The molecule has 6 nitrogen and oxygen atoms in total. The van der Waals surface area contributed by atoms with Gasteiger partial charge in [0.15, 0.2) is 11.5 Å². The molecule has 0 saturated heterocycles. The first-order valence-electron chi connectivity index (χ1n) is 7.97. The molecule has 2 aromatic carbocycles. The molecule has 140 valence electrons. The molecule has 3 aromatic rings. The van der Waals surface area contributed by atoms with Crippen molar-refractivity contribution < 1.29 is 14.2 Å². The fourth-order valence-electron chi connectivity index (χ4n) is 2.82. The van der Waals surface area contributed by atoms with Gasteiger partial charge in [0.2, 0.25) is 5.75 Å². The summed E-state index contributed by atoms with van der Waals surface area (Å²) in [7, 11) is 4.68. The number of ether oxygens (including phenoxy) is 3. The van der Waals surface area contributed by atoms with Crippen LogP contribution in [0, 0.1) is 18.3 Å². The van der Waals surface area contributed by atoms with Gasteiger partial charge in [0, 0.05) is 29.4 Å². The quantitative estimate of drug-likeness (QED) is 0.691. The third-order valence-corrected chi connectivity index (χ3v) is 4.08. The van der Waals surface area contributed by atoms with Gasteiger partial charge in [0.05, 0.1) is 38.1 Å². The normalized spacial score (nSPS) is 9.89. The molecule has 7 heteroatoms. The molecule has 0 spiro atoms. The smallest absolute Gasteiger partial charge is 0.203 e. The van der Waals surface area contributed by atoms with Gasteiger partial charge in [-0.1, -0.05) is 11.6 Å². The van der Waals surface area contributed by atoms with Gasteiger partial charge in [-0.15, -0.1) is 12.4 Å². The second kappa shape index (κ2) is 8.47. The Balaban J connectivity index is 0.00000261. The van der Waals surface area contributed by atoms with Crippen LogP contribution in [0.4, 0.5) is 11.4 Å². The van der Waals surface area contributed by atoms with Crippen molar-refractivity contribution in [3.05, 3.63) is 47.7 Å². The van der Waals surface area contributed by atoms with Crippen LogP contribution >= 0.6 is 12.4 Å². The molecule has 0 aliphatic carbocycles. The number of rotatable bonds is 5. The number of methoxy groups -OCH3 is 3. The summed E-state index contributed by atoms with van der Waals surface area (Å²) in [5.74, 6) is 1.57. The van der Waals surface area contributed by atoms with E-state index in [1.165, 1.54) is 0 Å². The highest BCUT2D eigenvalue weighted by Crippen LogP contribution is 2.41. The van der Waals surface area contributed by atoms with Crippen LogP contribution in [-0.4, -0.2) is 26.3 Å². The number of aryl methyl sites for hydroxylation is 1. The van der Waals surface area contributed by atoms with Crippen LogP contribution in [-0.2, 0) is 0 Å². The van der Waals surface area contributed by atoms with Crippen LogP contribution < -0.4 is 19.5 Å². The average Bonchev–Trinajstić information content (AvgIpc) is 2.67. The lowest BCUT2D eigenvalue weighted by atomic mass is 10.1. The number of pyridine rings is 1. The minimum Gasteiger partial charge on any atom is -0.493 e. The van der Waals surface area contributed by atoms with E-state index in [2.05, 4.69) is 16.4 Å². The van der Waals surface area contributed by atoms with Gasteiger partial charge in [-0.3, -0.25) is 4.98 Å². The summed E-state index contributed by atoms with van der Waals surface area (Å²) in [6, 6.07) is 11.7. The highest BCUT2D eigenvalue weighted by Gasteiger charge is 2.15. The summed E-state index contributed by atoms with van der Waals surface area (Å²) in [5, 5.41) is 13.7. The van der Waals surface area contributed by atoms with Crippen molar-refractivity contribution in [2.24, 2.45) is 0 Å². The Kier molecular flexibility index (Phi) is 6.32. The lowest BCUT2D eigenvalue weighted by Gasteiger charge is -2.16. The molecule has 0 radical (unpaired) electrons. The summed E-state index contributed by atoms with van der Waals surface area (Å²) < 4.78 is 16.2. The number of aromatic nitrogens is 1. The number of nitriles is 1. The largest absolute Gasteiger partial charge is 0.493 e. The molecule has 0 atom stereocenters. The third kappa shape index (κ3) is 3.83. The van der Waals surface area contributed by atoms with Crippen molar-refractivity contribution in [2.75, 3.05) is 26.6 Å². The predicted molar refractivity (Wildman–Crippen MR) is 108 cm³/mol. The molecule has 0 unspecified atom stereocenters. The zero-order valence-corrected chi connectivity index (χ0v) is 16.3. The first-order chi connectivity index (χ1) is 12.6. The van der Waals surface area contributed by atoms with E-state index >= 15 is 0 Å². The Morgan fingerprint density at radius 1 is 1.00 bits per heavy atom. The molecule has 27 heavy (non-hydrogen) atoms. The molecule has 1 heterocycles. The Bertz CT molecular complexity index is 990. The summed E-state index contributed by atoms with van der Waals surface area (Å²) in [6.07, 6.45) is 1.57. The standard InChI is InChI=1S/C20H19N3O3.ClH/c1-12-5-6-16-15(7-12)19(13(10-21)11-22-16)23-14-8-17(24-2)20(26-4)18(9-14)25-3;/h5-9,11H,1-4H3,(H,22,23);1H. The molecule has 0 saturated carbocycles. The molecule has 0 aliphatic heterocycles. The second-order valence-electron chi connectivity index (χ2n) is 5.72. The van der Waals surface area contributed by atoms with Crippen LogP contribution in [0.25, 0.3) is 10.9 Å². The van der Waals surface area contributed by atoms with E-state index in [0.717, 1.165) is 16.5 Å². The summed E-state index contributed by atoms with van der Waals surface area (Å²) in [4.78, 5) is 4.36. The van der Waals surface area contributed by atoms with E-state index in [-0.39, 0.29) is 12.4 Å². The fraction of sp³-hybridized carbons (Fsp3) is 0.200. The number of halogens is 1. The average molecular weight is 386 g/mol. The molecule has 0 amide bonds. The number of fused-ring (bicyclic) bond motifs is 1. The Labute approximate surface area is 164 Å². The van der Waals surface area contributed by atoms with Crippen LogP contribution in [0.5, 0.6) is 17.2 Å². The number of benzene rings is 2. The topological polar surface area (TPSA) is 76.4 Å². The van der Waals surface area contributed by atoms with Gasteiger partial charge >= 0.3 is 0 Å². The van der Waals surface area contributed by atoms with Crippen molar-refractivity contribution in [2.45, 2.75) is 6.92 Å². The molecular formula is C20H20ClN3O3. The van der Waals surface area contributed by atoms with Crippen molar-refractivity contribution in [1.82, 2.24) is 4.98 Å². The molecular weight excluding hydrogens is 366 g/mol. The third-order valence-electron chi connectivity index (χ3n) is 4.08. The molecule has 0 fully saturated rings. The summed E-state index contributed by atoms with van der Waals surface area (Å²) >= 11 is 0. The van der Waals surface area contributed by atoms with Crippen LogP contribution in [0.1, 0.15) is 11.1 Å². The number of hydrogen-bond donors (Lipinski definition) is 1. The molecule has 1 aromatic heterocycles. The predicted octanol–water partition coefficient (Wildman–Crippen LogP) is 4.61. The van der Waals surface area contributed by atoms with Gasteiger partial charge in [-0.2, -0.15) is 5.26 Å². The minimum atomic E-state index is 0. The second-order valence-corrected chi connectivity index (χ2v) is 5.72. The zero-order chi connectivity index (χ0) is 18.7. The lowest BCUT2D eigenvalue weighted by Crippen LogP contribution is -2.00. The SMILES string of the molecule is COc1cc(Nc2c(C#N)cnc3ccc(C)cc23)cc(OC)c1OC.Cl. The van der Waals surface area contributed by atoms with Gasteiger partial charge in [0.1, 0.15) is 6.07 Å². The van der Waals surface area contributed by atoms with Crippen LogP contribution in [0.3, 0.4) is 0 Å². The van der Waals surface area contributed by atoms with E-state index in [9.17, 15) is 5.26 Å². The maximum atomic E-state index is 9.51. The Hall–Kier alpha value is -3.17. The van der Waals surface area contributed by atoms with Gasteiger partial charge in [-0.25, -0.2) is 0 Å². The molecule has 0 aliphatic rings. The zero-order valence-electron chi connectivity index (χ0n) is 15.5. The van der Waals surface area contributed by atoms with E-state index in [1.807, 2.05) is 25.1 Å². The maximum absolute atomic E-state index is 9.51. The molecule has 0 bridgehead atoms. The highest BCUT2D eigenvalue weighted by atomic mass is 35.5. The number of nitrogens with one attached hydrogen (secondary N) is 1. The molecule has 3 rings (SSSR count). The number of anilines is 2. The first-order valence-corrected chi connectivity index (χ1v) is 7.97. The fourth-order valence-corrected chi connectivity index (χ4v) is 2.82. The van der Waals surface area contributed by atoms with Crippen molar-refractivity contribution in [1.29, 1.82) is 5.26 Å². The minimum absolute atomic E-state index is 0. The van der Waals surface area contributed by atoms with Crippen molar-refractivity contribution in [3.8, 4) is 23.3 Å². The maximum Gasteiger partial charge on any atom is 0.203 e. The number of nitrogens with zero attached hydrogens (tertiary/aromatic N) is 2. The molecule has 1 N–H and O–H groups in total. The first kappa shape index (κ1) is 20.1. The van der Waals surface area contributed by atoms with Crippen LogP contribution in [0.15, 0.2) is 36.5 Å². The summed E-state index contributed by atoms with van der Waals surface area (Å²) in [5.41, 5.74) is 3.75.